The Bertz CT molecular complexity index is 1400. The highest BCUT2D eigenvalue weighted by Gasteiger charge is 2.14. The number of hydrogen-bond acceptors (Lipinski definition) is 2. The first kappa shape index (κ1) is 12.9. The van der Waals surface area contributed by atoms with Crippen LogP contribution >= 0.6 is 22.7 Å². The second-order valence-electron chi connectivity index (χ2n) is 6.22. The first-order valence-corrected chi connectivity index (χ1v) is 9.67. The molecule has 0 fully saturated rings. The predicted molar refractivity (Wildman–Crippen MR) is 110 cm³/mol. The van der Waals surface area contributed by atoms with Crippen molar-refractivity contribution in [2.45, 2.75) is 0 Å². The van der Waals surface area contributed by atoms with Crippen LogP contribution in [0.5, 0.6) is 0 Å². The molecule has 2 heteroatoms. The van der Waals surface area contributed by atoms with Gasteiger partial charge in [0.05, 0.1) is 9.40 Å². The summed E-state index contributed by atoms with van der Waals surface area (Å²) in [6.07, 6.45) is 0. The Labute approximate surface area is 146 Å². The number of hydrogen-bond donors (Lipinski definition) is 0. The molecule has 0 saturated heterocycles. The molecular weight excluding hydrogens is 328 g/mol. The van der Waals surface area contributed by atoms with Crippen LogP contribution in [0.25, 0.3) is 51.1 Å². The average molecular weight is 340 g/mol. The van der Waals surface area contributed by atoms with E-state index in [9.17, 15) is 0 Å². The highest BCUT2D eigenvalue weighted by Crippen LogP contribution is 2.47. The second-order valence-corrected chi connectivity index (χ2v) is 8.32. The zero-order valence-electron chi connectivity index (χ0n) is 12.7. The van der Waals surface area contributed by atoms with Gasteiger partial charge < -0.3 is 0 Å². The summed E-state index contributed by atoms with van der Waals surface area (Å²) in [5.74, 6) is 0. The van der Waals surface area contributed by atoms with Gasteiger partial charge in [0, 0.05) is 20.2 Å². The van der Waals surface area contributed by atoms with Crippen LogP contribution in [-0.2, 0) is 0 Å². The molecule has 0 nitrogen and oxygen atoms in total. The van der Waals surface area contributed by atoms with Crippen molar-refractivity contribution in [2.24, 2.45) is 0 Å². The van der Waals surface area contributed by atoms with Crippen LogP contribution in [0.15, 0.2) is 72.8 Å². The number of benzene rings is 4. The molecule has 0 aliphatic rings. The predicted octanol–water partition coefficient (Wildman–Crippen LogP) is 7.58. The number of thiophene rings is 2. The van der Waals surface area contributed by atoms with Gasteiger partial charge in [-0.3, -0.25) is 0 Å². The topological polar surface area (TPSA) is 0 Å². The van der Waals surface area contributed by atoms with E-state index in [4.69, 9.17) is 0 Å². The lowest BCUT2D eigenvalue weighted by atomic mass is 10.1. The van der Waals surface area contributed by atoms with Gasteiger partial charge in [-0.05, 0) is 39.7 Å². The Kier molecular flexibility index (Phi) is 2.46. The Morgan fingerprint density at radius 3 is 2.08 bits per heavy atom. The van der Waals surface area contributed by atoms with Crippen molar-refractivity contribution in [3.8, 4) is 0 Å². The summed E-state index contributed by atoms with van der Waals surface area (Å²) in [6.45, 7) is 0. The van der Waals surface area contributed by atoms with Crippen LogP contribution in [0, 0.1) is 0 Å². The third kappa shape index (κ3) is 1.62. The third-order valence-electron chi connectivity index (χ3n) is 4.84. The minimum Gasteiger partial charge on any atom is -0.134 e. The summed E-state index contributed by atoms with van der Waals surface area (Å²) >= 11 is 3.87. The maximum atomic E-state index is 2.36. The Morgan fingerprint density at radius 1 is 0.500 bits per heavy atom. The maximum absolute atomic E-state index is 2.36. The molecule has 0 unspecified atom stereocenters. The maximum Gasteiger partial charge on any atom is 0.0548 e. The Morgan fingerprint density at radius 2 is 1.21 bits per heavy atom. The molecular formula is C22H12S2. The standard InChI is InChI=1S/C22H12S2/c1-2-7-15-12-19-17(11-14(15)6-1)21-22(24-19)20-16-8-4-3-5-13(16)9-10-18(20)23-21/h1-12H. The van der Waals surface area contributed by atoms with Crippen molar-refractivity contribution >= 4 is 73.8 Å². The lowest BCUT2D eigenvalue weighted by Crippen LogP contribution is -1.71. The van der Waals surface area contributed by atoms with Crippen LogP contribution in [0.3, 0.4) is 0 Å². The molecule has 24 heavy (non-hydrogen) atoms. The highest BCUT2D eigenvalue weighted by molar-refractivity contribution is 7.36. The Balaban J connectivity index is 1.87. The van der Waals surface area contributed by atoms with Gasteiger partial charge >= 0.3 is 0 Å². The zero-order valence-corrected chi connectivity index (χ0v) is 14.4. The van der Waals surface area contributed by atoms with Gasteiger partial charge in [-0.15, -0.1) is 22.7 Å². The van der Waals surface area contributed by atoms with Gasteiger partial charge in [-0.2, -0.15) is 0 Å². The monoisotopic (exact) mass is 340 g/mol. The van der Waals surface area contributed by atoms with Gasteiger partial charge in [0.2, 0.25) is 0 Å². The molecule has 0 saturated carbocycles. The van der Waals surface area contributed by atoms with Crippen molar-refractivity contribution in [2.75, 3.05) is 0 Å². The molecule has 0 N–H and O–H groups in total. The molecule has 112 valence electrons. The normalized spacial score (nSPS) is 12.2. The summed E-state index contributed by atoms with van der Waals surface area (Å²) in [5, 5.41) is 8.18. The van der Waals surface area contributed by atoms with E-state index in [1.165, 1.54) is 51.1 Å². The van der Waals surface area contributed by atoms with E-state index in [1.54, 1.807) is 0 Å². The van der Waals surface area contributed by atoms with Crippen LogP contribution < -0.4 is 0 Å². The average Bonchev–Trinajstić information content (AvgIpc) is 3.15. The van der Waals surface area contributed by atoms with Crippen molar-refractivity contribution in [3.63, 3.8) is 0 Å². The summed E-state index contributed by atoms with van der Waals surface area (Å²) in [4.78, 5) is 0. The molecule has 0 aliphatic heterocycles. The van der Waals surface area contributed by atoms with Crippen LogP contribution in [0.4, 0.5) is 0 Å². The molecule has 6 rings (SSSR count). The minimum atomic E-state index is 1.33. The van der Waals surface area contributed by atoms with Crippen molar-refractivity contribution in [3.05, 3.63) is 72.8 Å². The number of rotatable bonds is 0. The van der Waals surface area contributed by atoms with Crippen LogP contribution in [0.2, 0.25) is 0 Å². The summed E-state index contributed by atoms with van der Waals surface area (Å²) in [6, 6.07) is 26.6. The summed E-state index contributed by atoms with van der Waals surface area (Å²) in [5.41, 5.74) is 0. The molecule has 2 heterocycles. The van der Waals surface area contributed by atoms with Gasteiger partial charge in [0.25, 0.3) is 0 Å². The fourth-order valence-corrected chi connectivity index (χ4v) is 6.43. The van der Waals surface area contributed by atoms with Gasteiger partial charge in [0.15, 0.2) is 0 Å². The molecule has 0 amide bonds. The van der Waals surface area contributed by atoms with Crippen molar-refractivity contribution < 1.29 is 0 Å². The number of fused-ring (bicyclic) bond motifs is 8. The fourth-order valence-electron chi connectivity index (χ4n) is 3.71. The van der Waals surface area contributed by atoms with Gasteiger partial charge in [-0.25, -0.2) is 0 Å². The highest BCUT2D eigenvalue weighted by atomic mass is 32.1. The molecule has 2 aromatic heterocycles. The summed E-state index contributed by atoms with van der Waals surface area (Å²) < 4.78 is 5.67. The largest absolute Gasteiger partial charge is 0.134 e. The first-order chi connectivity index (χ1) is 11.9. The molecule has 4 aromatic carbocycles. The van der Waals surface area contributed by atoms with Crippen molar-refractivity contribution in [1.82, 2.24) is 0 Å². The van der Waals surface area contributed by atoms with Gasteiger partial charge in [0.1, 0.15) is 0 Å². The zero-order chi connectivity index (χ0) is 15.7. The Hall–Kier alpha value is -2.42. The van der Waals surface area contributed by atoms with E-state index in [2.05, 4.69) is 72.8 Å². The second kappa shape index (κ2) is 4.56. The smallest absolute Gasteiger partial charge is 0.0548 e. The molecule has 0 atom stereocenters. The van der Waals surface area contributed by atoms with Crippen LogP contribution in [0.1, 0.15) is 0 Å². The third-order valence-corrected chi connectivity index (χ3v) is 7.33. The van der Waals surface area contributed by atoms with E-state index in [1.807, 2.05) is 22.7 Å². The molecule has 6 aromatic rings. The first-order valence-electron chi connectivity index (χ1n) is 8.04. The lowest BCUT2D eigenvalue weighted by molar-refractivity contribution is 1.82. The van der Waals surface area contributed by atoms with Crippen molar-refractivity contribution in [1.29, 1.82) is 0 Å². The van der Waals surface area contributed by atoms with E-state index >= 15 is 0 Å². The molecule has 0 aliphatic carbocycles. The van der Waals surface area contributed by atoms with E-state index < -0.39 is 0 Å². The SMILES string of the molecule is c1ccc2cc3c(cc2c1)sc1c3sc2ccc3ccccc3c21. The van der Waals surface area contributed by atoms with E-state index in [0.29, 0.717) is 0 Å². The molecule has 0 bridgehead atoms. The van der Waals surface area contributed by atoms with E-state index in [0.717, 1.165) is 0 Å². The molecule has 0 radical (unpaired) electrons. The van der Waals surface area contributed by atoms with Crippen LogP contribution in [-0.4, -0.2) is 0 Å². The quantitative estimate of drug-likeness (QED) is 0.267. The minimum absolute atomic E-state index is 1.33. The summed E-state index contributed by atoms with van der Waals surface area (Å²) in [7, 11) is 0. The van der Waals surface area contributed by atoms with Gasteiger partial charge in [-0.1, -0.05) is 54.6 Å². The molecule has 0 spiro atoms. The lowest BCUT2D eigenvalue weighted by Gasteiger charge is -1.99. The van der Waals surface area contributed by atoms with E-state index in [-0.39, 0.29) is 0 Å². The fraction of sp³-hybridized carbons (Fsp3) is 0.